The first-order valence-corrected chi connectivity index (χ1v) is 6.19. The zero-order valence-corrected chi connectivity index (χ0v) is 10.1. The van der Waals surface area contributed by atoms with Crippen LogP contribution in [0.3, 0.4) is 0 Å². The summed E-state index contributed by atoms with van der Waals surface area (Å²) in [5.74, 6) is -1.00. The summed E-state index contributed by atoms with van der Waals surface area (Å²) >= 11 is 0. The second-order valence-electron chi connectivity index (χ2n) is 5.08. The highest BCUT2D eigenvalue weighted by Crippen LogP contribution is 2.41. The largest absolute Gasteiger partial charge is 0.480 e. The summed E-state index contributed by atoms with van der Waals surface area (Å²) in [7, 11) is 0. The maximum absolute atomic E-state index is 11.9. The number of nitrogens with one attached hydrogen (secondary N) is 1. The van der Waals surface area contributed by atoms with E-state index in [1.165, 1.54) is 0 Å². The number of carboxylic acids is 1. The molecule has 0 aromatic rings. The molecule has 2 fully saturated rings. The molecule has 1 heterocycles. The van der Waals surface area contributed by atoms with E-state index in [4.69, 9.17) is 9.84 Å². The first-order valence-electron chi connectivity index (χ1n) is 6.19. The predicted octanol–water partition coefficient (Wildman–Crippen LogP) is 0.782. The van der Waals surface area contributed by atoms with Gasteiger partial charge in [0.15, 0.2) is 0 Å². The van der Waals surface area contributed by atoms with Crippen LogP contribution in [0.5, 0.6) is 0 Å². The van der Waals surface area contributed by atoms with Gasteiger partial charge in [-0.3, -0.25) is 9.59 Å². The molecule has 0 radical (unpaired) electrons. The van der Waals surface area contributed by atoms with E-state index >= 15 is 0 Å². The topological polar surface area (TPSA) is 75.6 Å². The van der Waals surface area contributed by atoms with E-state index in [0.29, 0.717) is 25.3 Å². The van der Waals surface area contributed by atoms with Crippen LogP contribution < -0.4 is 5.32 Å². The number of rotatable bonds is 4. The zero-order valence-electron chi connectivity index (χ0n) is 10.1. The maximum atomic E-state index is 11.9. The van der Waals surface area contributed by atoms with Crippen molar-refractivity contribution < 1.29 is 19.4 Å². The Labute approximate surface area is 101 Å². The molecule has 0 aromatic heterocycles. The summed E-state index contributed by atoms with van der Waals surface area (Å²) in [6.45, 7) is 3.24. The van der Waals surface area contributed by atoms with Gasteiger partial charge in [-0.2, -0.15) is 0 Å². The minimum atomic E-state index is -1.15. The highest BCUT2D eigenvalue weighted by molar-refractivity contribution is 6.02. The minimum Gasteiger partial charge on any atom is -0.480 e. The summed E-state index contributed by atoms with van der Waals surface area (Å²) in [5.41, 5.74) is -1.15. The third-order valence-electron chi connectivity index (χ3n) is 4.11. The van der Waals surface area contributed by atoms with Crippen molar-refractivity contribution >= 4 is 11.9 Å². The molecule has 2 rings (SSSR count). The van der Waals surface area contributed by atoms with Gasteiger partial charge in [-0.05, 0) is 26.2 Å². The molecule has 2 atom stereocenters. The molecule has 2 unspecified atom stereocenters. The molecule has 2 N–H and O–H groups in total. The molecule has 2 aliphatic rings. The third-order valence-corrected chi connectivity index (χ3v) is 4.11. The number of carbonyl (C=O) groups excluding carboxylic acids is 1. The lowest BCUT2D eigenvalue weighted by atomic mass is 9.68. The molecule has 1 amide bonds. The Morgan fingerprint density at radius 3 is 2.59 bits per heavy atom. The van der Waals surface area contributed by atoms with Crippen LogP contribution in [0.1, 0.15) is 32.6 Å². The van der Waals surface area contributed by atoms with Crippen LogP contribution in [0.2, 0.25) is 0 Å². The monoisotopic (exact) mass is 241 g/mol. The number of amides is 1. The van der Waals surface area contributed by atoms with Crippen molar-refractivity contribution in [2.75, 3.05) is 13.2 Å². The van der Waals surface area contributed by atoms with E-state index < -0.39 is 11.4 Å². The van der Waals surface area contributed by atoms with Gasteiger partial charge in [-0.15, -0.1) is 0 Å². The summed E-state index contributed by atoms with van der Waals surface area (Å²) in [5, 5.41) is 11.9. The smallest absolute Gasteiger partial charge is 0.319 e. The lowest BCUT2D eigenvalue weighted by Crippen LogP contribution is -2.52. The molecule has 0 spiro atoms. The highest BCUT2D eigenvalue weighted by Gasteiger charge is 2.51. The SMILES string of the molecule is CC1OCCC1CNC(=O)C1(C(=O)O)CCC1. The molecule has 0 bridgehead atoms. The maximum Gasteiger partial charge on any atom is 0.319 e. The first kappa shape index (κ1) is 12.4. The lowest BCUT2D eigenvalue weighted by molar-refractivity contribution is -0.162. The van der Waals surface area contributed by atoms with Crippen molar-refractivity contribution in [2.45, 2.75) is 38.7 Å². The summed E-state index contributed by atoms with van der Waals surface area (Å²) in [6, 6.07) is 0. The molecule has 0 aromatic carbocycles. The quantitative estimate of drug-likeness (QED) is 0.713. The second kappa shape index (κ2) is 4.64. The van der Waals surface area contributed by atoms with Crippen molar-refractivity contribution in [1.82, 2.24) is 5.32 Å². The summed E-state index contributed by atoms with van der Waals surface area (Å²) in [4.78, 5) is 23.0. The molecule has 5 nitrogen and oxygen atoms in total. The Hall–Kier alpha value is -1.10. The molecular formula is C12H19NO4. The minimum absolute atomic E-state index is 0.150. The number of aliphatic carboxylic acids is 1. The van der Waals surface area contributed by atoms with Crippen molar-refractivity contribution in [1.29, 1.82) is 0 Å². The molecule has 1 aliphatic carbocycles. The fourth-order valence-corrected chi connectivity index (χ4v) is 2.51. The Balaban J connectivity index is 1.86. The van der Waals surface area contributed by atoms with Crippen LogP contribution in [0.4, 0.5) is 0 Å². The van der Waals surface area contributed by atoms with Crippen LogP contribution in [-0.2, 0) is 14.3 Å². The van der Waals surface area contributed by atoms with Gasteiger partial charge in [-0.25, -0.2) is 0 Å². The van der Waals surface area contributed by atoms with E-state index in [1.54, 1.807) is 0 Å². The average molecular weight is 241 g/mol. The van der Waals surface area contributed by atoms with E-state index in [2.05, 4.69) is 5.32 Å². The van der Waals surface area contributed by atoms with Crippen molar-refractivity contribution in [3.05, 3.63) is 0 Å². The molecular weight excluding hydrogens is 222 g/mol. The van der Waals surface area contributed by atoms with E-state index in [9.17, 15) is 9.59 Å². The van der Waals surface area contributed by atoms with Gasteiger partial charge in [0.25, 0.3) is 0 Å². The Bertz CT molecular complexity index is 324. The van der Waals surface area contributed by atoms with Gasteiger partial charge in [0.2, 0.25) is 5.91 Å². The van der Waals surface area contributed by atoms with Crippen LogP contribution in [0.25, 0.3) is 0 Å². The standard InChI is InChI=1S/C12H19NO4/c1-8-9(3-6-17-8)7-13-10(14)12(11(15)16)4-2-5-12/h8-9H,2-7H2,1H3,(H,13,14)(H,15,16). The van der Waals surface area contributed by atoms with Crippen LogP contribution in [0.15, 0.2) is 0 Å². The van der Waals surface area contributed by atoms with Crippen LogP contribution in [-0.4, -0.2) is 36.2 Å². The van der Waals surface area contributed by atoms with Gasteiger partial charge in [0.05, 0.1) is 6.10 Å². The van der Waals surface area contributed by atoms with Gasteiger partial charge < -0.3 is 15.2 Å². The van der Waals surface area contributed by atoms with Crippen LogP contribution >= 0.6 is 0 Å². The predicted molar refractivity (Wildman–Crippen MR) is 60.5 cm³/mol. The highest BCUT2D eigenvalue weighted by atomic mass is 16.5. The van der Waals surface area contributed by atoms with Gasteiger partial charge >= 0.3 is 5.97 Å². The lowest BCUT2D eigenvalue weighted by Gasteiger charge is -2.36. The Kier molecular flexibility index (Phi) is 3.38. The molecule has 1 aliphatic heterocycles. The van der Waals surface area contributed by atoms with Crippen molar-refractivity contribution in [2.24, 2.45) is 11.3 Å². The Morgan fingerprint density at radius 1 is 1.47 bits per heavy atom. The third kappa shape index (κ3) is 2.16. The van der Waals surface area contributed by atoms with Gasteiger partial charge in [-0.1, -0.05) is 6.42 Å². The van der Waals surface area contributed by atoms with Gasteiger partial charge in [0.1, 0.15) is 5.41 Å². The van der Waals surface area contributed by atoms with Gasteiger partial charge in [0, 0.05) is 19.1 Å². The summed E-state index contributed by atoms with van der Waals surface area (Å²) < 4.78 is 5.40. The number of hydrogen-bond acceptors (Lipinski definition) is 3. The number of ether oxygens (including phenoxy) is 1. The number of carbonyl (C=O) groups is 2. The second-order valence-corrected chi connectivity index (χ2v) is 5.08. The first-order chi connectivity index (χ1) is 8.06. The fourth-order valence-electron chi connectivity index (χ4n) is 2.51. The Morgan fingerprint density at radius 2 is 2.18 bits per heavy atom. The molecule has 17 heavy (non-hydrogen) atoms. The number of hydrogen-bond donors (Lipinski definition) is 2. The zero-order chi connectivity index (χ0) is 12.5. The number of carboxylic acid groups (broad SMARTS) is 1. The normalized spacial score (nSPS) is 30.6. The molecule has 5 heteroatoms. The molecule has 96 valence electrons. The molecule has 1 saturated heterocycles. The van der Waals surface area contributed by atoms with E-state index in [1.807, 2.05) is 6.92 Å². The van der Waals surface area contributed by atoms with Crippen LogP contribution in [0, 0.1) is 11.3 Å². The van der Waals surface area contributed by atoms with E-state index in [0.717, 1.165) is 19.4 Å². The van der Waals surface area contributed by atoms with Crippen molar-refractivity contribution in [3.8, 4) is 0 Å². The van der Waals surface area contributed by atoms with E-state index in [-0.39, 0.29) is 12.0 Å². The fraction of sp³-hybridized carbons (Fsp3) is 0.833. The average Bonchev–Trinajstić information content (AvgIpc) is 2.58. The van der Waals surface area contributed by atoms with Crippen molar-refractivity contribution in [3.63, 3.8) is 0 Å². The molecule has 1 saturated carbocycles. The summed E-state index contributed by atoms with van der Waals surface area (Å²) in [6.07, 6.45) is 2.83.